The smallest absolute Gasteiger partial charge is 0.156 e. The van der Waals surface area contributed by atoms with Crippen LogP contribution >= 0.6 is 0 Å². The highest BCUT2D eigenvalue weighted by Crippen LogP contribution is 2.45. The molecule has 3 fully saturated rings. The summed E-state index contributed by atoms with van der Waals surface area (Å²) in [4.78, 5) is 0. The third-order valence-corrected chi connectivity index (χ3v) is 8.07. The molecule has 7 atom stereocenters. The lowest BCUT2D eigenvalue weighted by Gasteiger charge is -2.40. The standard InChI is InChI=1S/C19H30O2S/c1-13(18-9-14-3-2-4-15(7-14)10-18)21-22(20)12-19-11-16-5-6-17(19)8-16/h5-6,13-19H,2-4,7-12H2,1H3. The van der Waals surface area contributed by atoms with Crippen molar-refractivity contribution in [2.24, 2.45) is 35.5 Å². The first kappa shape index (κ1) is 15.4. The molecule has 0 aromatic heterocycles. The van der Waals surface area contributed by atoms with Gasteiger partial charge in [0, 0.05) is 0 Å². The second-order valence-corrected chi connectivity index (χ2v) is 9.58. The molecule has 3 heteroatoms. The van der Waals surface area contributed by atoms with Crippen LogP contribution in [0.4, 0.5) is 0 Å². The molecule has 4 aliphatic carbocycles. The Morgan fingerprint density at radius 1 is 1.09 bits per heavy atom. The maximum atomic E-state index is 12.4. The van der Waals surface area contributed by atoms with E-state index in [4.69, 9.17) is 4.18 Å². The Kier molecular flexibility index (Phi) is 4.47. The molecule has 0 saturated heterocycles. The highest BCUT2D eigenvalue weighted by Gasteiger charge is 2.38. The summed E-state index contributed by atoms with van der Waals surface area (Å²) in [5.74, 6) is 5.31. The summed E-state index contributed by atoms with van der Waals surface area (Å²) in [5.41, 5.74) is 0. The Morgan fingerprint density at radius 2 is 1.86 bits per heavy atom. The van der Waals surface area contributed by atoms with E-state index >= 15 is 0 Å². The fourth-order valence-corrected chi connectivity index (χ4v) is 7.02. The van der Waals surface area contributed by atoms with Crippen molar-refractivity contribution in [1.82, 2.24) is 0 Å². The highest BCUT2D eigenvalue weighted by atomic mass is 32.2. The van der Waals surface area contributed by atoms with E-state index in [-0.39, 0.29) is 6.10 Å². The summed E-state index contributed by atoms with van der Waals surface area (Å²) in [5, 5.41) is 0. The largest absolute Gasteiger partial charge is 0.287 e. The number of hydrogen-bond donors (Lipinski definition) is 0. The van der Waals surface area contributed by atoms with Crippen LogP contribution in [-0.2, 0) is 15.3 Å². The van der Waals surface area contributed by atoms with Crippen molar-refractivity contribution in [1.29, 1.82) is 0 Å². The van der Waals surface area contributed by atoms with Crippen LogP contribution in [0.3, 0.4) is 0 Å². The van der Waals surface area contributed by atoms with E-state index in [1.54, 1.807) is 0 Å². The molecule has 0 N–H and O–H groups in total. The summed E-state index contributed by atoms with van der Waals surface area (Å²) >= 11 is -1.08. The predicted molar refractivity (Wildman–Crippen MR) is 90.6 cm³/mol. The molecule has 0 radical (unpaired) electrons. The molecule has 4 aliphatic rings. The molecule has 0 heterocycles. The molecule has 0 amide bonds. The van der Waals surface area contributed by atoms with Gasteiger partial charge in [0.2, 0.25) is 0 Å². The molecule has 2 nitrogen and oxygen atoms in total. The van der Waals surface area contributed by atoms with E-state index in [0.29, 0.717) is 17.8 Å². The fourth-order valence-electron chi connectivity index (χ4n) is 5.71. The van der Waals surface area contributed by atoms with Gasteiger partial charge >= 0.3 is 0 Å². The van der Waals surface area contributed by atoms with Crippen LogP contribution in [0.25, 0.3) is 0 Å². The molecule has 0 spiro atoms. The highest BCUT2D eigenvalue weighted by molar-refractivity contribution is 7.80. The predicted octanol–water partition coefficient (Wildman–Crippen LogP) is 4.48. The van der Waals surface area contributed by atoms with Gasteiger partial charge in [0.15, 0.2) is 11.1 Å². The second kappa shape index (κ2) is 6.39. The Bertz CT molecular complexity index is 448. The Balaban J connectivity index is 1.27. The summed E-state index contributed by atoms with van der Waals surface area (Å²) in [6, 6.07) is 0. The molecule has 124 valence electrons. The van der Waals surface area contributed by atoms with Gasteiger partial charge < -0.3 is 0 Å². The molecule has 4 rings (SSSR count). The van der Waals surface area contributed by atoms with Crippen LogP contribution in [0.5, 0.6) is 0 Å². The lowest BCUT2D eigenvalue weighted by molar-refractivity contribution is 0.0632. The zero-order valence-corrected chi connectivity index (χ0v) is 14.6. The molecule has 3 saturated carbocycles. The average molecular weight is 323 g/mol. The first-order valence-electron chi connectivity index (χ1n) is 9.41. The van der Waals surface area contributed by atoms with Gasteiger partial charge in [0.05, 0.1) is 11.9 Å². The topological polar surface area (TPSA) is 26.3 Å². The Hall–Kier alpha value is -0.150. The quantitative estimate of drug-likeness (QED) is 0.697. The van der Waals surface area contributed by atoms with Gasteiger partial charge in [0.1, 0.15) is 0 Å². The van der Waals surface area contributed by atoms with Gasteiger partial charge in [0.25, 0.3) is 0 Å². The molecule has 4 bridgehead atoms. The third-order valence-electron chi connectivity index (χ3n) is 6.85. The lowest BCUT2D eigenvalue weighted by atomic mass is 9.67. The normalized spacial score (nSPS) is 45.9. The maximum Gasteiger partial charge on any atom is 0.156 e. The minimum atomic E-state index is -1.08. The van der Waals surface area contributed by atoms with Crippen LogP contribution in [0.2, 0.25) is 0 Å². The van der Waals surface area contributed by atoms with Crippen LogP contribution < -0.4 is 0 Å². The number of hydrogen-bond acceptors (Lipinski definition) is 2. The number of fused-ring (bicyclic) bond motifs is 4. The minimum Gasteiger partial charge on any atom is -0.287 e. The molecular weight excluding hydrogens is 292 g/mol. The first-order valence-corrected chi connectivity index (χ1v) is 10.7. The molecule has 7 unspecified atom stereocenters. The van der Waals surface area contributed by atoms with E-state index in [0.717, 1.165) is 23.5 Å². The summed E-state index contributed by atoms with van der Waals surface area (Å²) < 4.78 is 18.4. The summed E-state index contributed by atoms with van der Waals surface area (Å²) in [6.07, 6.45) is 15.7. The molecule has 0 aromatic carbocycles. The van der Waals surface area contributed by atoms with E-state index in [1.807, 2.05) is 0 Å². The average Bonchev–Trinajstić information content (AvgIpc) is 3.09. The second-order valence-electron chi connectivity index (χ2n) is 8.44. The van der Waals surface area contributed by atoms with Crippen molar-refractivity contribution in [2.45, 2.75) is 64.4 Å². The van der Waals surface area contributed by atoms with E-state index in [9.17, 15) is 4.21 Å². The summed E-state index contributed by atoms with van der Waals surface area (Å²) in [6.45, 7) is 2.17. The Labute approximate surface area is 137 Å². The maximum absolute atomic E-state index is 12.4. The van der Waals surface area contributed by atoms with Crippen molar-refractivity contribution in [2.75, 3.05) is 5.75 Å². The van der Waals surface area contributed by atoms with Crippen molar-refractivity contribution in [3.05, 3.63) is 12.2 Å². The lowest BCUT2D eigenvalue weighted by Crippen LogP contribution is -2.34. The minimum absolute atomic E-state index is 0.179. The van der Waals surface area contributed by atoms with Crippen molar-refractivity contribution in [3.8, 4) is 0 Å². The first-order chi connectivity index (χ1) is 10.7. The van der Waals surface area contributed by atoms with E-state index in [2.05, 4.69) is 19.1 Å². The number of allylic oxidation sites excluding steroid dienone is 2. The van der Waals surface area contributed by atoms with Crippen molar-refractivity contribution >= 4 is 11.1 Å². The molecule has 0 aromatic rings. The molecule has 22 heavy (non-hydrogen) atoms. The van der Waals surface area contributed by atoms with Gasteiger partial charge in [-0.25, -0.2) is 4.21 Å². The Morgan fingerprint density at radius 3 is 2.50 bits per heavy atom. The third kappa shape index (κ3) is 3.21. The van der Waals surface area contributed by atoms with Gasteiger partial charge in [-0.1, -0.05) is 31.4 Å². The summed E-state index contributed by atoms with van der Waals surface area (Å²) in [7, 11) is 0. The van der Waals surface area contributed by atoms with Gasteiger partial charge in [-0.15, -0.1) is 0 Å². The monoisotopic (exact) mass is 322 g/mol. The fraction of sp³-hybridized carbons (Fsp3) is 0.895. The van der Waals surface area contributed by atoms with Gasteiger partial charge in [-0.05, 0) is 74.5 Å². The number of rotatable bonds is 5. The zero-order chi connectivity index (χ0) is 15.1. The van der Waals surface area contributed by atoms with Crippen LogP contribution in [0.15, 0.2) is 12.2 Å². The molecular formula is C19H30O2S. The molecule has 0 aliphatic heterocycles. The van der Waals surface area contributed by atoms with Crippen LogP contribution in [0.1, 0.15) is 58.3 Å². The van der Waals surface area contributed by atoms with Crippen molar-refractivity contribution in [3.63, 3.8) is 0 Å². The zero-order valence-electron chi connectivity index (χ0n) is 13.8. The van der Waals surface area contributed by atoms with Crippen molar-refractivity contribution < 1.29 is 8.39 Å². The van der Waals surface area contributed by atoms with Crippen LogP contribution in [0, 0.1) is 35.5 Å². The van der Waals surface area contributed by atoms with E-state index in [1.165, 1.54) is 51.4 Å². The van der Waals surface area contributed by atoms with Crippen LogP contribution in [-0.4, -0.2) is 16.1 Å². The van der Waals surface area contributed by atoms with E-state index < -0.39 is 11.1 Å². The SMILES string of the molecule is CC(OS(=O)CC1CC2C=CC1C2)C1CC2CCCC(C2)C1. The van der Waals surface area contributed by atoms with Gasteiger partial charge in [-0.2, -0.15) is 0 Å². The van der Waals surface area contributed by atoms with Gasteiger partial charge in [-0.3, -0.25) is 4.18 Å².